The lowest BCUT2D eigenvalue weighted by Gasteiger charge is -1.98. The summed E-state index contributed by atoms with van der Waals surface area (Å²) in [5.41, 5.74) is 0.719. The SMILES string of the molecule is OCc1c(-n2cncn2)nc2sccn12. The van der Waals surface area contributed by atoms with Crippen LogP contribution >= 0.6 is 11.3 Å². The van der Waals surface area contributed by atoms with E-state index in [9.17, 15) is 5.11 Å². The highest BCUT2D eigenvalue weighted by molar-refractivity contribution is 7.15. The van der Waals surface area contributed by atoms with Gasteiger partial charge in [-0.25, -0.2) is 9.67 Å². The molecule has 3 aromatic heterocycles. The summed E-state index contributed by atoms with van der Waals surface area (Å²) in [7, 11) is 0. The Morgan fingerprint density at radius 2 is 2.40 bits per heavy atom. The van der Waals surface area contributed by atoms with Gasteiger partial charge in [-0.3, -0.25) is 4.40 Å². The molecule has 6 nitrogen and oxygen atoms in total. The van der Waals surface area contributed by atoms with Gasteiger partial charge >= 0.3 is 0 Å². The Kier molecular flexibility index (Phi) is 1.79. The Morgan fingerprint density at radius 1 is 1.47 bits per heavy atom. The van der Waals surface area contributed by atoms with Gasteiger partial charge in [0.25, 0.3) is 0 Å². The molecule has 0 spiro atoms. The first-order chi connectivity index (χ1) is 7.40. The normalized spacial score (nSPS) is 11.3. The maximum Gasteiger partial charge on any atom is 0.196 e. The molecule has 1 N–H and O–H groups in total. The molecular weight excluding hydrogens is 214 g/mol. The minimum absolute atomic E-state index is 0.0763. The quantitative estimate of drug-likeness (QED) is 0.683. The lowest BCUT2D eigenvalue weighted by atomic mass is 10.4. The number of fused-ring (bicyclic) bond motifs is 1. The molecule has 0 aromatic carbocycles. The van der Waals surface area contributed by atoms with E-state index in [-0.39, 0.29) is 6.61 Å². The molecule has 76 valence electrons. The van der Waals surface area contributed by atoms with Crippen LogP contribution in [0.5, 0.6) is 0 Å². The highest BCUT2D eigenvalue weighted by atomic mass is 32.1. The third-order valence-electron chi connectivity index (χ3n) is 2.13. The first-order valence-electron chi connectivity index (χ1n) is 4.30. The molecule has 0 atom stereocenters. The van der Waals surface area contributed by atoms with E-state index in [1.54, 1.807) is 11.0 Å². The van der Waals surface area contributed by atoms with Gasteiger partial charge in [0.2, 0.25) is 0 Å². The topological polar surface area (TPSA) is 68.2 Å². The summed E-state index contributed by atoms with van der Waals surface area (Å²) in [5.74, 6) is 0.627. The molecule has 0 aliphatic carbocycles. The summed E-state index contributed by atoms with van der Waals surface area (Å²) < 4.78 is 3.40. The minimum atomic E-state index is -0.0763. The van der Waals surface area contributed by atoms with Crippen molar-refractivity contribution in [2.24, 2.45) is 0 Å². The van der Waals surface area contributed by atoms with Crippen molar-refractivity contribution in [2.75, 3.05) is 0 Å². The fraction of sp³-hybridized carbons (Fsp3) is 0.125. The van der Waals surface area contributed by atoms with Gasteiger partial charge < -0.3 is 5.11 Å². The number of aromatic nitrogens is 5. The monoisotopic (exact) mass is 221 g/mol. The Bertz CT molecular complexity index is 581. The summed E-state index contributed by atoms with van der Waals surface area (Å²) in [6, 6.07) is 0. The summed E-state index contributed by atoms with van der Waals surface area (Å²) >= 11 is 1.51. The average Bonchev–Trinajstić information content (AvgIpc) is 2.93. The molecule has 0 amide bonds. The summed E-state index contributed by atoms with van der Waals surface area (Å²) in [5, 5.41) is 15.2. The van der Waals surface area contributed by atoms with Crippen LogP contribution in [0.25, 0.3) is 10.8 Å². The van der Waals surface area contributed by atoms with Gasteiger partial charge in [-0.15, -0.1) is 11.3 Å². The zero-order chi connectivity index (χ0) is 10.3. The van der Waals surface area contributed by atoms with Crippen LogP contribution in [0.1, 0.15) is 5.69 Å². The Hall–Kier alpha value is -1.73. The molecule has 0 saturated carbocycles. The van der Waals surface area contributed by atoms with Crippen LogP contribution in [0.4, 0.5) is 0 Å². The van der Waals surface area contributed by atoms with Crippen molar-refractivity contribution in [1.29, 1.82) is 0 Å². The molecule has 7 heteroatoms. The van der Waals surface area contributed by atoms with E-state index in [4.69, 9.17) is 0 Å². The molecule has 0 bridgehead atoms. The van der Waals surface area contributed by atoms with E-state index in [1.807, 2.05) is 16.0 Å². The van der Waals surface area contributed by atoms with Gasteiger partial charge in [0.1, 0.15) is 12.7 Å². The smallest absolute Gasteiger partial charge is 0.196 e. The van der Waals surface area contributed by atoms with Gasteiger partial charge in [-0.05, 0) is 0 Å². The highest BCUT2D eigenvalue weighted by Gasteiger charge is 2.13. The standard InChI is InChI=1S/C8H7N5OS/c14-3-6-7(13-5-9-4-10-13)11-8-12(6)1-2-15-8/h1-2,4-5,14H,3H2. The second kappa shape index (κ2) is 3.14. The van der Waals surface area contributed by atoms with E-state index in [0.29, 0.717) is 5.82 Å². The summed E-state index contributed by atoms with van der Waals surface area (Å²) in [6.07, 6.45) is 4.87. The molecule has 3 rings (SSSR count). The summed E-state index contributed by atoms with van der Waals surface area (Å²) in [4.78, 5) is 9.06. The number of nitrogens with zero attached hydrogens (tertiary/aromatic N) is 5. The van der Waals surface area contributed by atoms with Crippen LogP contribution in [0, 0.1) is 0 Å². The van der Waals surface area contributed by atoms with Gasteiger partial charge in [0.05, 0.1) is 12.3 Å². The minimum Gasteiger partial charge on any atom is -0.390 e. The number of aliphatic hydroxyl groups is 1. The fourth-order valence-corrected chi connectivity index (χ4v) is 2.20. The number of hydrogen-bond donors (Lipinski definition) is 1. The second-order valence-corrected chi connectivity index (χ2v) is 3.81. The van der Waals surface area contributed by atoms with Crippen molar-refractivity contribution in [3.05, 3.63) is 29.9 Å². The highest BCUT2D eigenvalue weighted by Crippen LogP contribution is 2.19. The van der Waals surface area contributed by atoms with Crippen LogP contribution in [0.15, 0.2) is 24.2 Å². The van der Waals surface area contributed by atoms with E-state index in [2.05, 4.69) is 15.1 Å². The molecule has 0 saturated heterocycles. The number of thiazole rings is 1. The van der Waals surface area contributed by atoms with Crippen molar-refractivity contribution in [2.45, 2.75) is 6.61 Å². The average molecular weight is 221 g/mol. The van der Waals surface area contributed by atoms with Crippen LogP contribution in [-0.2, 0) is 6.61 Å². The predicted molar refractivity (Wildman–Crippen MR) is 53.9 cm³/mol. The maximum atomic E-state index is 9.30. The van der Waals surface area contributed by atoms with Crippen LogP contribution in [-0.4, -0.2) is 29.3 Å². The molecule has 0 aliphatic heterocycles. The van der Waals surface area contributed by atoms with Gasteiger partial charge in [-0.1, -0.05) is 0 Å². The third-order valence-corrected chi connectivity index (χ3v) is 2.88. The van der Waals surface area contributed by atoms with Crippen molar-refractivity contribution in [3.8, 4) is 5.82 Å². The van der Waals surface area contributed by atoms with E-state index >= 15 is 0 Å². The zero-order valence-corrected chi connectivity index (χ0v) is 8.42. The van der Waals surface area contributed by atoms with Crippen molar-refractivity contribution in [1.82, 2.24) is 24.1 Å². The number of hydrogen-bond acceptors (Lipinski definition) is 5. The lowest BCUT2D eigenvalue weighted by molar-refractivity contribution is 0.275. The number of aliphatic hydroxyl groups excluding tert-OH is 1. The van der Waals surface area contributed by atoms with Crippen LogP contribution in [0.3, 0.4) is 0 Å². The molecular formula is C8H7N5OS. The van der Waals surface area contributed by atoms with Gasteiger partial charge in [0.15, 0.2) is 10.8 Å². The molecule has 15 heavy (non-hydrogen) atoms. The molecule has 3 aromatic rings. The third kappa shape index (κ3) is 1.17. The first kappa shape index (κ1) is 8.57. The van der Waals surface area contributed by atoms with E-state index in [1.165, 1.54) is 17.7 Å². The van der Waals surface area contributed by atoms with Crippen molar-refractivity contribution >= 4 is 16.3 Å². The van der Waals surface area contributed by atoms with E-state index in [0.717, 1.165) is 10.7 Å². The molecule has 0 radical (unpaired) electrons. The number of rotatable bonds is 2. The van der Waals surface area contributed by atoms with Crippen LogP contribution < -0.4 is 0 Å². The summed E-state index contributed by atoms with van der Waals surface area (Å²) in [6.45, 7) is -0.0763. The van der Waals surface area contributed by atoms with Gasteiger partial charge in [-0.2, -0.15) is 10.1 Å². The Labute approximate surface area is 88.5 Å². The Morgan fingerprint density at radius 3 is 3.13 bits per heavy atom. The number of imidazole rings is 1. The van der Waals surface area contributed by atoms with Crippen LogP contribution in [0.2, 0.25) is 0 Å². The molecule has 0 aliphatic rings. The van der Waals surface area contributed by atoms with Crippen molar-refractivity contribution < 1.29 is 5.11 Å². The molecule has 0 fully saturated rings. The second-order valence-electron chi connectivity index (χ2n) is 2.94. The van der Waals surface area contributed by atoms with Crippen molar-refractivity contribution in [3.63, 3.8) is 0 Å². The molecule has 0 unspecified atom stereocenters. The fourth-order valence-electron chi connectivity index (χ4n) is 1.47. The molecule has 3 heterocycles. The predicted octanol–water partition coefficient (Wildman–Crippen LogP) is 0.469. The lowest BCUT2D eigenvalue weighted by Crippen LogP contribution is -2.01. The van der Waals surface area contributed by atoms with E-state index < -0.39 is 0 Å². The largest absolute Gasteiger partial charge is 0.390 e. The zero-order valence-electron chi connectivity index (χ0n) is 7.61. The Balaban J connectivity index is 2.30. The van der Waals surface area contributed by atoms with Gasteiger partial charge in [0, 0.05) is 11.6 Å². The maximum absolute atomic E-state index is 9.30. The first-order valence-corrected chi connectivity index (χ1v) is 5.18.